The van der Waals surface area contributed by atoms with Crippen molar-refractivity contribution in [2.45, 2.75) is 25.1 Å². The first-order valence-electron chi connectivity index (χ1n) is 6.82. The number of benzene rings is 2. The summed E-state index contributed by atoms with van der Waals surface area (Å²) in [6.45, 7) is 1.94. The lowest BCUT2D eigenvalue weighted by atomic mass is 10.1. The Morgan fingerprint density at radius 1 is 1.14 bits per heavy atom. The first-order chi connectivity index (χ1) is 9.97. The zero-order valence-corrected chi connectivity index (χ0v) is 13.2. The van der Waals surface area contributed by atoms with Gasteiger partial charge in [-0.15, -0.1) is 0 Å². The van der Waals surface area contributed by atoms with E-state index in [0.29, 0.717) is 5.02 Å². The van der Waals surface area contributed by atoms with Crippen molar-refractivity contribution in [3.63, 3.8) is 0 Å². The molecule has 2 aromatic rings. The number of fused-ring (bicyclic) bond motifs is 1. The van der Waals surface area contributed by atoms with E-state index >= 15 is 0 Å². The largest absolute Gasteiger partial charge is 0.267 e. The SMILES string of the molecule is CC1Cc2ccccc2N1S(=O)(=O)Cc1ccc(Cl)cc1. The molecule has 0 spiro atoms. The number of hydrogen-bond acceptors (Lipinski definition) is 2. The lowest BCUT2D eigenvalue weighted by molar-refractivity contribution is 0.583. The highest BCUT2D eigenvalue weighted by atomic mass is 35.5. The fraction of sp³-hybridized carbons (Fsp3) is 0.250. The van der Waals surface area contributed by atoms with Crippen LogP contribution in [0, 0.1) is 0 Å². The molecule has 1 aliphatic rings. The molecule has 0 saturated carbocycles. The molecule has 110 valence electrons. The second kappa shape index (κ2) is 5.35. The Labute approximate surface area is 130 Å². The van der Waals surface area contributed by atoms with E-state index in [4.69, 9.17) is 11.6 Å². The van der Waals surface area contributed by atoms with Crippen LogP contribution in [0.15, 0.2) is 48.5 Å². The number of hydrogen-bond donors (Lipinski definition) is 0. The molecule has 1 heterocycles. The second-order valence-corrected chi connectivity index (χ2v) is 7.64. The Hall–Kier alpha value is -1.52. The quantitative estimate of drug-likeness (QED) is 0.866. The molecular formula is C16H16ClNO2S. The predicted molar refractivity (Wildman–Crippen MR) is 86.2 cm³/mol. The molecule has 1 unspecified atom stereocenters. The third-order valence-corrected chi connectivity index (χ3v) is 5.81. The monoisotopic (exact) mass is 321 g/mol. The topological polar surface area (TPSA) is 37.4 Å². The molecule has 0 saturated heterocycles. The average Bonchev–Trinajstić information content (AvgIpc) is 2.77. The fourth-order valence-electron chi connectivity index (χ4n) is 2.82. The summed E-state index contributed by atoms with van der Waals surface area (Å²) in [7, 11) is -3.40. The van der Waals surface area contributed by atoms with Crippen molar-refractivity contribution in [2.24, 2.45) is 0 Å². The third kappa shape index (κ3) is 2.78. The molecule has 1 atom stereocenters. The first-order valence-corrected chi connectivity index (χ1v) is 8.80. The maximum absolute atomic E-state index is 12.8. The number of sulfonamides is 1. The van der Waals surface area contributed by atoms with Crippen LogP contribution in [0.5, 0.6) is 0 Å². The van der Waals surface area contributed by atoms with Gasteiger partial charge in [0.05, 0.1) is 11.4 Å². The second-order valence-electron chi connectivity index (χ2n) is 5.36. The zero-order chi connectivity index (χ0) is 15.0. The molecule has 0 fully saturated rings. The lowest BCUT2D eigenvalue weighted by Crippen LogP contribution is -2.36. The van der Waals surface area contributed by atoms with E-state index in [9.17, 15) is 8.42 Å². The lowest BCUT2D eigenvalue weighted by Gasteiger charge is -2.24. The Kier molecular flexibility index (Phi) is 3.68. The van der Waals surface area contributed by atoms with Gasteiger partial charge in [-0.25, -0.2) is 8.42 Å². The van der Waals surface area contributed by atoms with Gasteiger partial charge in [0.2, 0.25) is 10.0 Å². The van der Waals surface area contributed by atoms with E-state index in [1.165, 1.54) is 0 Å². The number of nitrogens with zero attached hydrogens (tertiary/aromatic N) is 1. The summed E-state index contributed by atoms with van der Waals surface area (Å²) >= 11 is 5.84. The standard InChI is InChI=1S/C16H16ClNO2S/c1-12-10-14-4-2-3-5-16(14)18(12)21(19,20)11-13-6-8-15(17)9-7-13/h2-9,12H,10-11H2,1H3. The number of anilines is 1. The van der Waals surface area contributed by atoms with Gasteiger partial charge in [-0.1, -0.05) is 41.9 Å². The average molecular weight is 322 g/mol. The molecule has 2 aromatic carbocycles. The van der Waals surface area contributed by atoms with Crippen LogP contribution >= 0.6 is 11.6 Å². The van der Waals surface area contributed by atoms with Crippen molar-refractivity contribution < 1.29 is 8.42 Å². The summed E-state index contributed by atoms with van der Waals surface area (Å²) in [4.78, 5) is 0. The molecule has 1 aliphatic heterocycles. The minimum Gasteiger partial charge on any atom is -0.267 e. The predicted octanol–water partition coefficient (Wildman–Crippen LogP) is 3.62. The van der Waals surface area contributed by atoms with Crippen molar-refractivity contribution >= 4 is 27.3 Å². The van der Waals surface area contributed by atoms with E-state index < -0.39 is 10.0 Å². The summed E-state index contributed by atoms with van der Waals surface area (Å²) in [6.07, 6.45) is 0.760. The van der Waals surface area contributed by atoms with Crippen molar-refractivity contribution in [1.29, 1.82) is 0 Å². The van der Waals surface area contributed by atoms with Gasteiger partial charge in [-0.3, -0.25) is 4.31 Å². The van der Waals surface area contributed by atoms with Crippen LogP contribution in [-0.2, 0) is 22.2 Å². The maximum Gasteiger partial charge on any atom is 0.239 e. The van der Waals surface area contributed by atoms with E-state index in [2.05, 4.69) is 0 Å². The number of rotatable bonds is 3. The summed E-state index contributed by atoms with van der Waals surface area (Å²) < 4.78 is 27.1. The smallest absolute Gasteiger partial charge is 0.239 e. The van der Waals surface area contributed by atoms with Gasteiger partial charge in [-0.05, 0) is 42.7 Å². The van der Waals surface area contributed by atoms with E-state index in [1.807, 2.05) is 31.2 Å². The molecule has 0 aromatic heterocycles. The summed E-state index contributed by atoms with van der Waals surface area (Å²) in [5.41, 5.74) is 2.64. The summed E-state index contributed by atoms with van der Waals surface area (Å²) in [6, 6.07) is 14.6. The molecule has 3 rings (SSSR count). The molecule has 0 bridgehead atoms. The highest BCUT2D eigenvalue weighted by molar-refractivity contribution is 7.92. The third-order valence-electron chi connectivity index (χ3n) is 3.71. The summed E-state index contributed by atoms with van der Waals surface area (Å²) in [5, 5.41) is 0.607. The van der Waals surface area contributed by atoms with E-state index in [-0.39, 0.29) is 11.8 Å². The Morgan fingerprint density at radius 3 is 2.52 bits per heavy atom. The van der Waals surface area contributed by atoms with Crippen molar-refractivity contribution in [3.8, 4) is 0 Å². The molecule has 0 aliphatic carbocycles. The van der Waals surface area contributed by atoms with E-state index in [1.54, 1.807) is 28.6 Å². The molecule has 5 heteroatoms. The van der Waals surface area contributed by atoms with Crippen LogP contribution in [-0.4, -0.2) is 14.5 Å². The van der Waals surface area contributed by atoms with Crippen LogP contribution in [0.4, 0.5) is 5.69 Å². The number of halogens is 1. The van der Waals surface area contributed by atoms with Crippen LogP contribution in [0.25, 0.3) is 0 Å². The van der Waals surface area contributed by atoms with Gasteiger partial charge >= 0.3 is 0 Å². The molecule has 0 radical (unpaired) electrons. The fourth-order valence-corrected chi connectivity index (χ4v) is 4.80. The van der Waals surface area contributed by atoms with Gasteiger partial charge in [0.25, 0.3) is 0 Å². The van der Waals surface area contributed by atoms with Gasteiger partial charge < -0.3 is 0 Å². The molecular weight excluding hydrogens is 306 g/mol. The minimum atomic E-state index is -3.40. The van der Waals surface area contributed by atoms with Crippen LogP contribution < -0.4 is 4.31 Å². The zero-order valence-electron chi connectivity index (χ0n) is 11.7. The van der Waals surface area contributed by atoms with Crippen LogP contribution in [0.3, 0.4) is 0 Å². The maximum atomic E-state index is 12.8. The van der Waals surface area contributed by atoms with Gasteiger partial charge in [0.15, 0.2) is 0 Å². The van der Waals surface area contributed by atoms with Crippen molar-refractivity contribution in [3.05, 3.63) is 64.7 Å². The van der Waals surface area contributed by atoms with Crippen LogP contribution in [0.1, 0.15) is 18.1 Å². The normalized spacial score (nSPS) is 17.8. The molecule has 3 nitrogen and oxygen atoms in total. The molecule has 0 N–H and O–H groups in total. The highest BCUT2D eigenvalue weighted by Crippen LogP contribution is 2.35. The highest BCUT2D eigenvalue weighted by Gasteiger charge is 2.34. The van der Waals surface area contributed by atoms with Crippen molar-refractivity contribution in [1.82, 2.24) is 0 Å². The van der Waals surface area contributed by atoms with Crippen molar-refractivity contribution in [2.75, 3.05) is 4.31 Å². The number of para-hydroxylation sites is 1. The Bertz CT molecular complexity index is 756. The minimum absolute atomic E-state index is 0.0111. The van der Waals surface area contributed by atoms with Gasteiger partial charge in [0.1, 0.15) is 0 Å². The molecule has 21 heavy (non-hydrogen) atoms. The first kappa shape index (κ1) is 14.4. The Balaban J connectivity index is 1.93. The van der Waals surface area contributed by atoms with Gasteiger partial charge in [0, 0.05) is 11.1 Å². The van der Waals surface area contributed by atoms with Crippen LogP contribution in [0.2, 0.25) is 5.02 Å². The van der Waals surface area contributed by atoms with E-state index in [0.717, 1.165) is 23.2 Å². The molecule has 0 amide bonds. The Morgan fingerprint density at radius 2 is 1.81 bits per heavy atom. The summed E-state index contributed by atoms with van der Waals surface area (Å²) in [5.74, 6) is -0.0111. The van der Waals surface area contributed by atoms with Gasteiger partial charge in [-0.2, -0.15) is 0 Å².